The van der Waals surface area contributed by atoms with Gasteiger partial charge < -0.3 is 30.9 Å². The Morgan fingerprint density at radius 1 is 0.974 bits per heavy atom. The highest BCUT2D eigenvalue weighted by Crippen LogP contribution is 2.33. The quantitative estimate of drug-likeness (QED) is 0.278. The number of anilines is 4. The molecule has 0 atom stereocenters. The maximum atomic E-state index is 13.0. The van der Waals surface area contributed by atoms with Crippen molar-refractivity contribution in [3.05, 3.63) is 77.4 Å². The maximum absolute atomic E-state index is 13.0. The molecule has 0 radical (unpaired) electrons. The lowest BCUT2D eigenvalue weighted by atomic mass is 10.0. The van der Waals surface area contributed by atoms with Gasteiger partial charge in [-0.05, 0) is 87.4 Å². The SMILES string of the molecule is COc1cccc(Nc2ccc(NC(=O)c3ccc(NCCCN4CCCCC4)cc3)c3c2CNC3=O)c1. The number of rotatable bonds is 10. The zero-order valence-corrected chi connectivity index (χ0v) is 21.8. The largest absolute Gasteiger partial charge is 0.497 e. The van der Waals surface area contributed by atoms with Crippen LogP contribution in [0.2, 0.25) is 0 Å². The molecule has 5 rings (SSSR count). The number of hydrogen-bond donors (Lipinski definition) is 4. The Balaban J connectivity index is 1.20. The minimum Gasteiger partial charge on any atom is -0.497 e. The first-order valence-electron chi connectivity index (χ1n) is 13.3. The van der Waals surface area contributed by atoms with E-state index in [4.69, 9.17) is 4.74 Å². The van der Waals surface area contributed by atoms with Gasteiger partial charge in [0.05, 0.1) is 18.4 Å². The third kappa shape index (κ3) is 6.08. The third-order valence-electron chi connectivity index (χ3n) is 7.14. The summed E-state index contributed by atoms with van der Waals surface area (Å²) in [5.41, 5.74) is 4.99. The molecule has 0 aromatic heterocycles. The van der Waals surface area contributed by atoms with E-state index in [1.54, 1.807) is 25.3 Å². The first kappa shape index (κ1) is 25.6. The predicted molar refractivity (Wildman–Crippen MR) is 152 cm³/mol. The van der Waals surface area contributed by atoms with Gasteiger partial charge in [-0.25, -0.2) is 0 Å². The highest BCUT2D eigenvalue weighted by Gasteiger charge is 2.26. The summed E-state index contributed by atoms with van der Waals surface area (Å²) >= 11 is 0. The van der Waals surface area contributed by atoms with Crippen LogP contribution in [0.3, 0.4) is 0 Å². The van der Waals surface area contributed by atoms with E-state index >= 15 is 0 Å². The molecule has 8 heteroatoms. The van der Waals surface area contributed by atoms with Crippen LogP contribution in [0.5, 0.6) is 5.75 Å². The summed E-state index contributed by atoms with van der Waals surface area (Å²) < 4.78 is 5.30. The second-order valence-electron chi connectivity index (χ2n) is 9.77. The van der Waals surface area contributed by atoms with E-state index in [1.807, 2.05) is 42.5 Å². The zero-order chi connectivity index (χ0) is 26.3. The number of methoxy groups -OCH3 is 1. The molecule has 2 aliphatic heterocycles. The van der Waals surface area contributed by atoms with Crippen molar-refractivity contribution in [1.29, 1.82) is 0 Å². The Kier molecular flexibility index (Phi) is 8.09. The molecule has 2 heterocycles. The van der Waals surface area contributed by atoms with E-state index in [0.29, 0.717) is 23.4 Å². The molecule has 0 saturated carbocycles. The first-order valence-corrected chi connectivity index (χ1v) is 13.3. The number of nitrogens with zero attached hydrogens (tertiary/aromatic N) is 1. The number of nitrogens with one attached hydrogen (secondary N) is 4. The summed E-state index contributed by atoms with van der Waals surface area (Å²) in [4.78, 5) is 28.2. The molecule has 0 aliphatic carbocycles. The number of likely N-dealkylation sites (tertiary alicyclic amines) is 1. The molecule has 8 nitrogen and oxygen atoms in total. The summed E-state index contributed by atoms with van der Waals surface area (Å²) in [7, 11) is 1.62. The third-order valence-corrected chi connectivity index (χ3v) is 7.14. The van der Waals surface area contributed by atoms with E-state index in [-0.39, 0.29) is 11.8 Å². The molecular formula is C30H35N5O3. The average molecular weight is 514 g/mol. The molecule has 2 aliphatic rings. The number of hydrogen-bond acceptors (Lipinski definition) is 6. The Morgan fingerprint density at radius 3 is 2.55 bits per heavy atom. The summed E-state index contributed by atoms with van der Waals surface area (Å²) in [5, 5.41) is 12.6. The fourth-order valence-electron chi connectivity index (χ4n) is 5.08. The van der Waals surface area contributed by atoms with Crippen LogP contribution in [0.15, 0.2) is 60.7 Å². The lowest BCUT2D eigenvalue weighted by Gasteiger charge is -2.26. The number of carbonyl (C=O) groups is 2. The number of benzene rings is 3. The molecule has 0 unspecified atom stereocenters. The molecule has 0 bridgehead atoms. The van der Waals surface area contributed by atoms with Crippen molar-refractivity contribution >= 4 is 34.6 Å². The summed E-state index contributed by atoms with van der Waals surface area (Å²) in [6.45, 7) is 4.85. The van der Waals surface area contributed by atoms with Crippen LogP contribution in [0, 0.1) is 0 Å². The molecular weight excluding hydrogens is 478 g/mol. The minimum absolute atomic E-state index is 0.200. The Hall–Kier alpha value is -4.04. The van der Waals surface area contributed by atoms with Gasteiger partial charge in [0.1, 0.15) is 5.75 Å². The van der Waals surface area contributed by atoms with Gasteiger partial charge >= 0.3 is 0 Å². The van der Waals surface area contributed by atoms with Gasteiger partial charge in [-0.3, -0.25) is 9.59 Å². The lowest BCUT2D eigenvalue weighted by Crippen LogP contribution is -2.31. The van der Waals surface area contributed by atoms with Crippen LogP contribution >= 0.6 is 0 Å². The van der Waals surface area contributed by atoms with Crippen LogP contribution in [0.4, 0.5) is 22.7 Å². The number of fused-ring (bicyclic) bond motifs is 1. The van der Waals surface area contributed by atoms with Crippen molar-refractivity contribution in [1.82, 2.24) is 10.2 Å². The number of carbonyl (C=O) groups excluding carboxylic acids is 2. The van der Waals surface area contributed by atoms with E-state index in [1.165, 1.54) is 32.4 Å². The van der Waals surface area contributed by atoms with Crippen molar-refractivity contribution in [2.75, 3.05) is 49.2 Å². The van der Waals surface area contributed by atoms with E-state index in [2.05, 4.69) is 26.2 Å². The van der Waals surface area contributed by atoms with E-state index in [9.17, 15) is 9.59 Å². The molecule has 1 saturated heterocycles. The van der Waals surface area contributed by atoms with Gasteiger partial charge in [0, 0.05) is 47.3 Å². The molecule has 2 amide bonds. The fourth-order valence-corrected chi connectivity index (χ4v) is 5.08. The summed E-state index contributed by atoms with van der Waals surface area (Å²) in [6.07, 6.45) is 5.08. The topological polar surface area (TPSA) is 94.7 Å². The van der Waals surface area contributed by atoms with Gasteiger partial charge in [0.15, 0.2) is 0 Å². The molecule has 1 fully saturated rings. The van der Waals surface area contributed by atoms with Gasteiger partial charge in [0.25, 0.3) is 11.8 Å². The highest BCUT2D eigenvalue weighted by atomic mass is 16.5. The van der Waals surface area contributed by atoms with Crippen molar-refractivity contribution in [2.24, 2.45) is 0 Å². The van der Waals surface area contributed by atoms with E-state index < -0.39 is 0 Å². The standard InChI is InChI=1S/C30H35N5O3/c1-38-24-8-5-7-23(19-24)33-26-13-14-27(28-25(26)20-32-30(28)37)34-29(36)21-9-11-22(12-10-21)31-15-6-18-35-16-3-2-4-17-35/h5,7-14,19,31,33H,2-4,6,15-18,20H2,1H3,(H,32,37)(H,34,36). The van der Waals surface area contributed by atoms with Crippen molar-refractivity contribution in [3.8, 4) is 5.75 Å². The number of piperidine rings is 1. The van der Waals surface area contributed by atoms with Crippen LogP contribution in [-0.4, -0.2) is 50.0 Å². The van der Waals surface area contributed by atoms with Crippen molar-refractivity contribution < 1.29 is 14.3 Å². The number of amides is 2. The van der Waals surface area contributed by atoms with Crippen LogP contribution in [0.1, 0.15) is 52.0 Å². The van der Waals surface area contributed by atoms with Gasteiger partial charge in [-0.1, -0.05) is 12.5 Å². The lowest BCUT2D eigenvalue weighted by molar-refractivity contribution is 0.0966. The van der Waals surface area contributed by atoms with Gasteiger partial charge in [0.2, 0.25) is 0 Å². The molecule has 4 N–H and O–H groups in total. The maximum Gasteiger partial charge on any atom is 0.255 e. The highest BCUT2D eigenvalue weighted by molar-refractivity contribution is 6.11. The van der Waals surface area contributed by atoms with E-state index in [0.717, 1.165) is 47.9 Å². The Bertz CT molecular complexity index is 1290. The normalized spacial score (nSPS) is 14.9. The first-order chi connectivity index (χ1) is 18.6. The fraction of sp³-hybridized carbons (Fsp3) is 0.333. The van der Waals surface area contributed by atoms with Crippen LogP contribution < -0.4 is 26.0 Å². The molecule has 0 spiro atoms. The zero-order valence-electron chi connectivity index (χ0n) is 21.8. The second-order valence-corrected chi connectivity index (χ2v) is 9.77. The van der Waals surface area contributed by atoms with Crippen LogP contribution in [0.25, 0.3) is 0 Å². The van der Waals surface area contributed by atoms with Gasteiger partial charge in [-0.2, -0.15) is 0 Å². The number of ether oxygens (including phenoxy) is 1. The van der Waals surface area contributed by atoms with Crippen molar-refractivity contribution in [3.63, 3.8) is 0 Å². The average Bonchev–Trinajstić information content (AvgIpc) is 3.35. The molecule has 38 heavy (non-hydrogen) atoms. The van der Waals surface area contributed by atoms with Crippen LogP contribution in [-0.2, 0) is 6.54 Å². The van der Waals surface area contributed by atoms with Gasteiger partial charge in [-0.15, -0.1) is 0 Å². The minimum atomic E-state index is -0.253. The Morgan fingerprint density at radius 2 is 1.76 bits per heavy atom. The summed E-state index contributed by atoms with van der Waals surface area (Å²) in [5.74, 6) is 0.286. The molecule has 198 valence electrons. The molecule has 3 aromatic carbocycles. The summed E-state index contributed by atoms with van der Waals surface area (Å²) in [6, 6.07) is 18.7. The smallest absolute Gasteiger partial charge is 0.255 e. The molecule has 3 aromatic rings. The van der Waals surface area contributed by atoms with Crippen molar-refractivity contribution in [2.45, 2.75) is 32.2 Å². The predicted octanol–water partition coefficient (Wildman–Crippen LogP) is 5.22. The monoisotopic (exact) mass is 513 g/mol. The second kappa shape index (κ2) is 12.0. The Labute approximate surface area is 223 Å².